The molecule has 0 bridgehead atoms. The molecule has 0 amide bonds. The van der Waals surface area contributed by atoms with E-state index in [1.807, 2.05) is 12.1 Å². The van der Waals surface area contributed by atoms with E-state index in [0.29, 0.717) is 29.1 Å². The monoisotopic (exact) mass is 366 g/mol. The highest BCUT2D eigenvalue weighted by atomic mass is 16.5. The van der Waals surface area contributed by atoms with Gasteiger partial charge in [0.15, 0.2) is 11.2 Å². The number of methoxy groups -OCH3 is 1. The Hall–Kier alpha value is -3.09. The summed E-state index contributed by atoms with van der Waals surface area (Å²) in [4.78, 5) is 31.1. The number of benzene rings is 1. The minimum Gasteiger partial charge on any atom is -0.495 e. The number of hydrogen-bond donors (Lipinski definition) is 0. The molecule has 2 heterocycles. The van der Waals surface area contributed by atoms with E-state index in [9.17, 15) is 9.59 Å². The van der Waals surface area contributed by atoms with Crippen LogP contribution >= 0.6 is 0 Å². The SMILES string of the molecule is C=CCn1cnc2c1c(=O)n(C1CCCC1)c(=O)n2-c1ccccc1OC. The molecule has 0 spiro atoms. The lowest BCUT2D eigenvalue weighted by Gasteiger charge is -2.17. The highest BCUT2D eigenvalue weighted by molar-refractivity contribution is 5.73. The number of nitrogens with zero attached hydrogens (tertiary/aromatic N) is 4. The van der Waals surface area contributed by atoms with E-state index in [2.05, 4.69) is 11.6 Å². The van der Waals surface area contributed by atoms with Crippen LogP contribution in [0.4, 0.5) is 0 Å². The van der Waals surface area contributed by atoms with Crippen LogP contribution in [0, 0.1) is 0 Å². The number of rotatable bonds is 5. The number of fused-ring (bicyclic) bond motifs is 1. The van der Waals surface area contributed by atoms with E-state index in [0.717, 1.165) is 25.7 Å². The van der Waals surface area contributed by atoms with Crippen molar-refractivity contribution in [2.45, 2.75) is 38.3 Å². The molecule has 3 aromatic rings. The number of ether oxygens (including phenoxy) is 1. The average Bonchev–Trinajstić information content (AvgIpc) is 3.33. The third kappa shape index (κ3) is 2.70. The molecule has 1 aromatic carbocycles. The van der Waals surface area contributed by atoms with Crippen LogP contribution in [0.15, 0.2) is 52.8 Å². The van der Waals surface area contributed by atoms with Crippen molar-refractivity contribution < 1.29 is 4.74 Å². The predicted octanol–water partition coefficient (Wildman–Crippen LogP) is 2.66. The van der Waals surface area contributed by atoms with Crippen LogP contribution in [0.5, 0.6) is 5.75 Å². The molecule has 1 saturated carbocycles. The van der Waals surface area contributed by atoms with Gasteiger partial charge in [-0.1, -0.05) is 31.1 Å². The second-order valence-electron chi connectivity index (χ2n) is 6.76. The molecule has 140 valence electrons. The molecule has 0 saturated heterocycles. The lowest BCUT2D eigenvalue weighted by atomic mass is 10.2. The van der Waals surface area contributed by atoms with Crippen molar-refractivity contribution in [1.29, 1.82) is 0 Å². The Morgan fingerprint density at radius 1 is 1.26 bits per heavy atom. The number of aromatic nitrogens is 4. The van der Waals surface area contributed by atoms with Crippen molar-refractivity contribution in [2.24, 2.45) is 0 Å². The normalized spacial score (nSPS) is 14.7. The van der Waals surface area contributed by atoms with Gasteiger partial charge in [-0.2, -0.15) is 0 Å². The van der Waals surface area contributed by atoms with Gasteiger partial charge in [-0.05, 0) is 25.0 Å². The van der Waals surface area contributed by atoms with Gasteiger partial charge in [0.05, 0.1) is 19.1 Å². The summed E-state index contributed by atoms with van der Waals surface area (Å²) in [5.74, 6) is 0.552. The molecule has 0 radical (unpaired) electrons. The van der Waals surface area contributed by atoms with Crippen molar-refractivity contribution in [3.05, 3.63) is 64.1 Å². The Morgan fingerprint density at radius 2 is 2.00 bits per heavy atom. The zero-order valence-corrected chi connectivity index (χ0v) is 15.3. The topological polar surface area (TPSA) is 71.0 Å². The summed E-state index contributed by atoms with van der Waals surface area (Å²) >= 11 is 0. The summed E-state index contributed by atoms with van der Waals surface area (Å²) in [5.41, 5.74) is 0.670. The molecule has 1 fully saturated rings. The highest BCUT2D eigenvalue weighted by Crippen LogP contribution is 2.29. The molecule has 1 aliphatic rings. The molecule has 27 heavy (non-hydrogen) atoms. The first-order valence-corrected chi connectivity index (χ1v) is 9.14. The van der Waals surface area contributed by atoms with Gasteiger partial charge in [0.25, 0.3) is 5.56 Å². The Labute approximate surface area is 156 Å². The molecular formula is C20H22N4O3. The van der Waals surface area contributed by atoms with Crippen molar-refractivity contribution in [2.75, 3.05) is 7.11 Å². The van der Waals surface area contributed by atoms with Gasteiger partial charge in [0.1, 0.15) is 5.75 Å². The fraction of sp³-hybridized carbons (Fsp3) is 0.350. The smallest absolute Gasteiger partial charge is 0.337 e. The Morgan fingerprint density at radius 3 is 2.70 bits per heavy atom. The first-order chi connectivity index (χ1) is 13.2. The molecule has 0 aliphatic heterocycles. The van der Waals surface area contributed by atoms with Crippen molar-refractivity contribution in [3.8, 4) is 11.4 Å². The summed E-state index contributed by atoms with van der Waals surface area (Å²) in [6.45, 7) is 4.20. The van der Waals surface area contributed by atoms with E-state index in [1.54, 1.807) is 36.2 Å². The van der Waals surface area contributed by atoms with E-state index in [-0.39, 0.29) is 17.3 Å². The third-order valence-corrected chi connectivity index (χ3v) is 5.19. The minimum atomic E-state index is -0.368. The molecule has 1 aliphatic carbocycles. The molecule has 2 aromatic heterocycles. The summed E-state index contributed by atoms with van der Waals surface area (Å²) in [6.07, 6.45) is 7.01. The van der Waals surface area contributed by atoms with Crippen LogP contribution in [-0.2, 0) is 6.54 Å². The molecule has 0 N–H and O–H groups in total. The fourth-order valence-corrected chi connectivity index (χ4v) is 3.95. The van der Waals surface area contributed by atoms with Crippen LogP contribution in [0.25, 0.3) is 16.9 Å². The number of hydrogen-bond acceptors (Lipinski definition) is 4. The zero-order valence-electron chi connectivity index (χ0n) is 15.3. The second kappa shape index (κ2) is 6.90. The number of para-hydroxylation sites is 2. The first kappa shape index (κ1) is 17.3. The summed E-state index contributed by atoms with van der Waals surface area (Å²) < 4.78 is 10.1. The first-order valence-electron chi connectivity index (χ1n) is 9.14. The van der Waals surface area contributed by atoms with Gasteiger partial charge >= 0.3 is 5.69 Å². The zero-order chi connectivity index (χ0) is 19.0. The maximum Gasteiger partial charge on any atom is 0.337 e. The molecule has 0 unspecified atom stereocenters. The van der Waals surface area contributed by atoms with E-state index >= 15 is 0 Å². The standard InChI is InChI=1S/C20H22N4O3/c1-3-12-22-13-21-18-17(22)19(25)23(14-8-4-5-9-14)20(26)24(18)15-10-6-7-11-16(15)27-2/h3,6-7,10-11,13-14H,1,4-5,8-9,12H2,2H3. The van der Waals surface area contributed by atoms with Crippen molar-refractivity contribution >= 4 is 11.2 Å². The van der Waals surface area contributed by atoms with E-state index < -0.39 is 0 Å². The molecule has 0 atom stereocenters. The largest absolute Gasteiger partial charge is 0.495 e. The van der Waals surface area contributed by atoms with Gasteiger partial charge in [-0.25, -0.2) is 14.3 Å². The van der Waals surface area contributed by atoms with Crippen LogP contribution < -0.4 is 16.0 Å². The van der Waals surface area contributed by atoms with Gasteiger partial charge in [0.2, 0.25) is 0 Å². The lowest BCUT2D eigenvalue weighted by molar-refractivity contribution is 0.411. The van der Waals surface area contributed by atoms with Crippen molar-refractivity contribution in [3.63, 3.8) is 0 Å². The van der Waals surface area contributed by atoms with E-state index in [1.165, 1.54) is 9.13 Å². The quantitative estimate of drug-likeness (QED) is 0.651. The molecule has 7 nitrogen and oxygen atoms in total. The summed E-state index contributed by atoms with van der Waals surface area (Å²) in [7, 11) is 1.56. The number of imidazole rings is 1. The van der Waals surface area contributed by atoms with Crippen LogP contribution in [-0.4, -0.2) is 25.8 Å². The predicted molar refractivity (Wildman–Crippen MR) is 104 cm³/mol. The minimum absolute atomic E-state index is 0.0811. The summed E-state index contributed by atoms with van der Waals surface area (Å²) in [5, 5.41) is 0. The number of allylic oxidation sites excluding steroid dienone is 1. The van der Waals surface area contributed by atoms with Gasteiger partial charge in [-0.3, -0.25) is 9.36 Å². The van der Waals surface area contributed by atoms with Gasteiger partial charge in [0, 0.05) is 12.6 Å². The Bertz CT molecular complexity index is 1120. The Kier molecular flexibility index (Phi) is 4.43. The highest BCUT2D eigenvalue weighted by Gasteiger charge is 2.26. The van der Waals surface area contributed by atoms with Gasteiger partial charge in [-0.15, -0.1) is 6.58 Å². The molecule has 4 rings (SSSR count). The van der Waals surface area contributed by atoms with Crippen LogP contribution in [0.3, 0.4) is 0 Å². The van der Waals surface area contributed by atoms with Crippen molar-refractivity contribution in [1.82, 2.24) is 18.7 Å². The van der Waals surface area contributed by atoms with Crippen LogP contribution in [0.2, 0.25) is 0 Å². The molecule has 7 heteroatoms. The van der Waals surface area contributed by atoms with Gasteiger partial charge < -0.3 is 9.30 Å². The second-order valence-corrected chi connectivity index (χ2v) is 6.76. The third-order valence-electron chi connectivity index (χ3n) is 5.19. The summed E-state index contributed by atoms with van der Waals surface area (Å²) in [6, 6.07) is 7.19. The van der Waals surface area contributed by atoms with E-state index in [4.69, 9.17) is 4.74 Å². The van der Waals surface area contributed by atoms with Crippen LogP contribution in [0.1, 0.15) is 31.7 Å². The Balaban J connectivity index is 2.13. The average molecular weight is 366 g/mol. The maximum atomic E-state index is 13.4. The maximum absolute atomic E-state index is 13.4. The molecular weight excluding hydrogens is 344 g/mol. The lowest BCUT2D eigenvalue weighted by Crippen LogP contribution is -2.41. The fourth-order valence-electron chi connectivity index (χ4n) is 3.95.